The van der Waals surface area contributed by atoms with Gasteiger partial charge in [0.05, 0.1) is 0 Å². The predicted octanol–water partition coefficient (Wildman–Crippen LogP) is 4.76. The van der Waals surface area contributed by atoms with Gasteiger partial charge in [-0.15, -0.1) is 11.3 Å². The molecule has 0 bridgehead atoms. The Morgan fingerprint density at radius 1 is 1.00 bits per heavy atom. The lowest BCUT2D eigenvalue weighted by Crippen LogP contribution is -2.11. The average molecular weight is 281 g/mol. The molecule has 2 N–H and O–H groups in total. The van der Waals surface area contributed by atoms with Gasteiger partial charge in [-0.05, 0) is 48.2 Å². The molecule has 1 aromatic heterocycles. The van der Waals surface area contributed by atoms with Gasteiger partial charge in [0.15, 0.2) is 0 Å². The van der Waals surface area contributed by atoms with Gasteiger partial charge in [0, 0.05) is 15.8 Å². The molecule has 1 atom stereocenters. The van der Waals surface area contributed by atoms with Gasteiger partial charge in [-0.3, -0.25) is 0 Å². The topological polar surface area (TPSA) is 26.0 Å². The second kappa shape index (κ2) is 5.39. The molecule has 0 saturated heterocycles. The Balaban J connectivity index is 1.85. The molecular weight excluding hydrogens is 262 g/mol. The highest BCUT2D eigenvalue weighted by atomic mass is 32.1. The number of nitrogens with two attached hydrogens (primary N) is 1. The van der Waals surface area contributed by atoms with Gasteiger partial charge in [0.1, 0.15) is 0 Å². The summed E-state index contributed by atoms with van der Waals surface area (Å²) in [6.45, 7) is 4.31. The van der Waals surface area contributed by atoms with Crippen LogP contribution in [-0.4, -0.2) is 0 Å². The highest BCUT2D eigenvalue weighted by molar-refractivity contribution is 7.12. The van der Waals surface area contributed by atoms with Gasteiger partial charge in [0.25, 0.3) is 0 Å². The normalized spacial score (nSPS) is 12.8. The van der Waals surface area contributed by atoms with Crippen LogP contribution >= 0.6 is 11.3 Å². The minimum Gasteiger partial charge on any atom is -0.323 e. The van der Waals surface area contributed by atoms with Crippen molar-refractivity contribution in [1.29, 1.82) is 0 Å². The third kappa shape index (κ3) is 2.62. The Labute approximate surface area is 124 Å². The van der Waals surface area contributed by atoms with Gasteiger partial charge >= 0.3 is 0 Å². The second-order valence-electron chi connectivity index (χ2n) is 5.38. The molecule has 0 aliphatic carbocycles. The van der Waals surface area contributed by atoms with Crippen molar-refractivity contribution in [3.05, 3.63) is 69.4 Å². The summed E-state index contributed by atoms with van der Waals surface area (Å²) in [6, 6.07) is 17.4. The summed E-state index contributed by atoms with van der Waals surface area (Å²) >= 11 is 1.82. The number of rotatable bonds is 3. The second-order valence-corrected chi connectivity index (χ2v) is 6.67. The number of hydrogen-bond acceptors (Lipinski definition) is 2. The first-order valence-corrected chi connectivity index (χ1v) is 7.75. The van der Waals surface area contributed by atoms with E-state index in [-0.39, 0.29) is 6.04 Å². The molecule has 3 rings (SSSR count). The molecule has 0 aliphatic rings. The standard InChI is InChI=1S/C18H19NS/c1-12-9-18(20-13(12)2)17(19)11-14-7-8-15-5-3-4-6-16(15)10-14/h3-10,17H,11,19H2,1-2H3. The number of thiophene rings is 1. The van der Waals surface area contributed by atoms with Crippen LogP contribution in [-0.2, 0) is 6.42 Å². The first-order valence-electron chi connectivity index (χ1n) is 6.93. The van der Waals surface area contributed by atoms with Crippen molar-refractivity contribution in [3.8, 4) is 0 Å². The van der Waals surface area contributed by atoms with Crippen LogP contribution < -0.4 is 5.73 Å². The molecule has 2 aromatic carbocycles. The Morgan fingerprint density at radius 2 is 1.75 bits per heavy atom. The van der Waals surface area contributed by atoms with E-state index in [0.717, 1.165) is 6.42 Å². The fourth-order valence-electron chi connectivity index (χ4n) is 2.50. The van der Waals surface area contributed by atoms with Crippen LogP contribution in [0.25, 0.3) is 10.8 Å². The molecule has 0 aliphatic heterocycles. The zero-order valence-corrected chi connectivity index (χ0v) is 12.7. The van der Waals surface area contributed by atoms with E-state index >= 15 is 0 Å². The lowest BCUT2D eigenvalue weighted by molar-refractivity contribution is 0.737. The van der Waals surface area contributed by atoms with E-state index in [4.69, 9.17) is 5.73 Å². The van der Waals surface area contributed by atoms with Crippen LogP contribution in [0, 0.1) is 13.8 Å². The van der Waals surface area contributed by atoms with Crippen LogP contribution in [0.4, 0.5) is 0 Å². The molecule has 3 aromatic rings. The van der Waals surface area contributed by atoms with Crippen molar-refractivity contribution in [3.63, 3.8) is 0 Å². The Kier molecular flexibility index (Phi) is 3.60. The van der Waals surface area contributed by atoms with Crippen LogP contribution in [0.2, 0.25) is 0 Å². The number of benzene rings is 2. The van der Waals surface area contributed by atoms with Gasteiger partial charge in [-0.25, -0.2) is 0 Å². The van der Waals surface area contributed by atoms with E-state index in [1.54, 1.807) is 0 Å². The first kappa shape index (κ1) is 13.3. The van der Waals surface area contributed by atoms with E-state index in [9.17, 15) is 0 Å². The van der Waals surface area contributed by atoms with Crippen LogP contribution in [0.15, 0.2) is 48.5 Å². The molecule has 0 radical (unpaired) electrons. The van der Waals surface area contributed by atoms with Gasteiger partial charge in [0.2, 0.25) is 0 Å². The van der Waals surface area contributed by atoms with E-state index in [1.165, 1.54) is 31.7 Å². The molecule has 1 heterocycles. The van der Waals surface area contributed by atoms with Crippen LogP contribution in [0.1, 0.15) is 26.9 Å². The Morgan fingerprint density at radius 3 is 2.45 bits per heavy atom. The maximum Gasteiger partial charge on any atom is 0.0430 e. The van der Waals surface area contributed by atoms with Crippen molar-refractivity contribution < 1.29 is 0 Å². The van der Waals surface area contributed by atoms with Crippen molar-refractivity contribution >= 4 is 22.1 Å². The molecule has 0 amide bonds. The third-order valence-electron chi connectivity index (χ3n) is 3.82. The summed E-state index contributed by atoms with van der Waals surface area (Å²) in [6.07, 6.45) is 0.893. The lowest BCUT2D eigenvalue weighted by atomic mass is 10.0. The molecule has 0 saturated carbocycles. The van der Waals surface area contributed by atoms with Crippen molar-refractivity contribution in [1.82, 2.24) is 0 Å². The summed E-state index contributed by atoms with van der Waals surface area (Å²) in [5.41, 5.74) is 9.02. The van der Waals surface area contributed by atoms with Crippen molar-refractivity contribution in [2.24, 2.45) is 5.73 Å². The summed E-state index contributed by atoms with van der Waals surface area (Å²) in [4.78, 5) is 2.65. The number of fused-ring (bicyclic) bond motifs is 1. The zero-order valence-electron chi connectivity index (χ0n) is 11.9. The lowest BCUT2D eigenvalue weighted by Gasteiger charge is -2.10. The quantitative estimate of drug-likeness (QED) is 0.736. The molecule has 20 heavy (non-hydrogen) atoms. The van der Waals surface area contributed by atoms with Gasteiger partial charge < -0.3 is 5.73 Å². The van der Waals surface area contributed by atoms with Crippen molar-refractivity contribution in [2.45, 2.75) is 26.3 Å². The fraction of sp³-hybridized carbons (Fsp3) is 0.222. The van der Waals surface area contributed by atoms with Crippen LogP contribution in [0.5, 0.6) is 0 Å². The predicted molar refractivity (Wildman–Crippen MR) is 88.4 cm³/mol. The van der Waals surface area contributed by atoms with Gasteiger partial charge in [-0.1, -0.05) is 42.5 Å². The Hall–Kier alpha value is -1.64. The van der Waals surface area contributed by atoms with E-state index in [0.29, 0.717) is 0 Å². The summed E-state index contributed by atoms with van der Waals surface area (Å²) in [5, 5.41) is 2.57. The number of hydrogen-bond donors (Lipinski definition) is 1. The summed E-state index contributed by atoms with van der Waals surface area (Å²) in [5.74, 6) is 0. The van der Waals surface area contributed by atoms with E-state index in [2.05, 4.69) is 62.4 Å². The zero-order chi connectivity index (χ0) is 14.1. The molecule has 1 nitrogen and oxygen atoms in total. The summed E-state index contributed by atoms with van der Waals surface area (Å²) in [7, 11) is 0. The molecule has 102 valence electrons. The van der Waals surface area contributed by atoms with Gasteiger partial charge in [-0.2, -0.15) is 0 Å². The average Bonchev–Trinajstić information content (AvgIpc) is 2.79. The fourth-order valence-corrected chi connectivity index (χ4v) is 3.55. The maximum absolute atomic E-state index is 6.36. The molecule has 0 spiro atoms. The smallest absolute Gasteiger partial charge is 0.0430 e. The van der Waals surface area contributed by atoms with Crippen molar-refractivity contribution in [2.75, 3.05) is 0 Å². The largest absolute Gasteiger partial charge is 0.323 e. The molecular formula is C18H19NS. The summed E-state index contributed by atoms with van der Waals surface area (Å²) < 4.78 is 0. The number of aryl methyl sites for hydroxylation is 2. The third-order valence-corrected chi connectivity index (χ3v) is 5.10. The van der Waals surface area contributed by atoms with Crippen LogP contribution in [0.3, 0.4) is 0 Å². The monoisotopic (exact) mass is 281 g/mol. The minimum absolute atomic E-state index is 0.0913. The minimum atomic E-state index is 0.0913. The van der Waals surface area contributed by atoms with E-state index in [1.807, 2.05) is 11.3 Å². The Bertz CT molecular complexity index is 723. The first-order chi connectivity index (χ1) is 9.63. The highest BCUT2D eigenvalue weighted by Gasteiger charge is 2.11. The SMILES string of the molecule is Cc1cc(C(N)Cc2ccc3ccccc3c2)sc1C. The maximum atomic E-state index is 6.36. The van der Waals surface area contributed by atoms with E-state index < -0.39 is 0 Å². The molecule has 0 fully saturated rings. The molecule has 1 unspecified atom stereocenters. The highest BCUT2D eigenvalue weighted by Crippen LogP contribution is 2.28. The molecule has 2 heteroatoms.